The number of Topliss-reactive ketones (excluding diaryl/α,β-unsaturated/α-hetero) is 2. The molecular weight excluding hydrogens is 328 g/mol. The fraction of sp³-hybridized carbons (Fsp3) is 0.455. The van der Waals surface area contributed by atoms with Gasteiger partial charge < -0.3 is 9.84 Å². The van der Waals surface area contributed by atoms with E-state index in [1.807, 2.05) is 24.3 Å². The third kappa shape index (κ3) is 2.68. The fourth-order valence-corrected chi connectivity index (χ4v) is 4.75. The van der Waals surface area contributed by atoms with Crippen molar-refractivity contribution in [1.82, 2.24) is 0 Å². The van der Waals surface area contributed by atoms with Crippen molar-refractivity contribution in [2.45, 2.75) is 57.0 Å². The van der Waals surface area contributed by atoms with Crippen LogP contribution in [0.25, 0.3) is 0 Å². The highest BCUT2D eigenvalue weighted by Crippen LogP contribution is 2.50. The lowest BCUT2D eigenvalue weighted by Crippen LogP contribution is -2.45. The summed E-state index contributed by atoms with van der Waals surface area (Å²) in [5.74, 6) is 0.267. The standard InChI is InChI=1S/C22H24O4/c1-2-6-13-7-3-8-14-19(20-15(23)9-4-10-16(20)24)21-17(25)11-5-12-18(21)26-22(13)14/h2-3,7-8,18-19,21,23H,1,4-6,9-12H2/t18-,19-,21+/m0/s1. The van der Waals surface area contributed by atoms with Gasteiger partial charge in [0.2, 0.25) is 0 Å². The van der Waals surface area contributed by atoms with Crippen molar-refractivity contribution in [3.05, 3.63) is 53.3 Å². The summed E-state index contributed by atoms with van der Waals surface area (Å²) in [7, 11) is 0. The van der Waals surface area contributed by atoms with Crippen LogP contribution in [0.3, 0.4) is 0 Å². The molecule has 4 nitrogen and oxygen atoms in total. The van der Waals surface area contributed by atoms with Crippen LogP contribution in [-0.2, 0) is 16.0 Å². The van der Waals surface area contributed by atoms with Gasteiger partial charge in [0.15, 0.2) is 5.78 Å². The molecule has 0 radical (unpaired) electrons. The Bertz CT molecular complexity index is 804. The van der Waals surface area contributed by atoms with Crippen molar-refractivity contribution in [2.24, 2.45) is 5.92 Å². The van der Waals surface area contributed by atoms with Crippen molar-refractivity contribution in [2.75, 3.05) is 0 Å². The summed E-state index contributed by atoms with van der Waals surface area (Å²) < 4.78 is 6.30. The number of benzene rings is 1. The van der Waals surface area contributed by atoms with Crippen LogP contribution < -0.4 is 4.74 Å². The van der Waals surface area contributed by atoms with Crippen LogP contribution in [0.4, 0.5) is 0 Å². The Hall–Kier alpha value is -2.36. The van der Waals surface area contributed by atoms with Crippen molar-refractivity contribution in [3.8, 4) is 5.75 Å². The fourth-order valence-electron chi connectivity index (χ4n) is 4.75. The number of aliphatic hydroxyl groups excluding tert-OH is 1. The van der Waals surface area contributed by atoms with Crippen molar-refractivity contribution in [3.63, 3.8) is 0 Å². The minimum absolute atomic E-state index is 0.0298. The zero-order valence-electron chi connectivity index (χ0n) is 14.9. The number of fused-ring (bicyclic) bond motifs is 2. The molecule has 1 saturated carbocycles. The minimum Gasteiger partial charge on any atom is -0.512 e. The summed E-state index contributed by atoms with van der Waals surface area (Å²) in [4.78, 5) is 25.5. The molecule has 0 saturated heterocycles. The predicted octanol–water partition coefficient (Wildman–Crippen LogP) is 4.19. The molecule has 1 aromatic carbocycles. The Kier molecular flexibility index (Phi) is 4.43. The number of hydrogen-bond acceptors (Lipinski definition) is 4. The first-order chi connectivity index (χ1) is 12.6. The van der Waals surface area contributed by atoms with Crippen LogP contribution in [-0.4, -0.2) is 22.8 Å². The third-order valence-corrected chi connectivity index (χ3v) is 5.88. The van der Waals surface area contributed by atoms with Crippen LogP contribution in [0.1, 0.15) is 55.6 Å². The van der Waals surface area contributed by atoms with Gasteiger partial charge in [0, 0.05) is 36.3 Å². The highest BCUT2D eigenvalue weighted by atomic mass is 16.5. The number of ether oxygens (including phenoxy) is 1. The van der Waals surface area contributed by atoms with Gasteiger partial charge in [0.05, 0.1) is 11.7 Å². The molecule has 0 unspecified atom stereocenters. The van der Waals surface area contributed by atoms with E-state index in [4.69, 9.17) is 4.74 Å². The van der Waals surface area contributed by atoms with Crippen LogP contribution in [0.15, 0.2) is 42.2 Å². The Morgan fingerprint density at radius 2 is 2.04 bits per heavy atom. The van der Waals surface area contributed by atoms with Crippen LogP contribution in [0.5, 0.6) is 5.75 Å². The van der Waals surface area contributed by atoms with Gasteiger partial charge in [-0.1, -0.05) is 24.3 Å². The molecule has 4 heteroatoms. The highest BCUT2D eigenvalue weighted by Gasteiger charge is 2.48. The summed E-state index contributed by atoms with van der Waals surface area (Å²) in [6, 6.07) is 5.87. The van der Waals surface area contributed by atoms with Gasteiger partial charge in [-0.2, -0.15) is 0 Å². The number of carbonyl (C=O) groups excluding carboxylic acids is 2. The largest absolute Gasteiger partial charge is 0.512 e. The van der Waals surface area contributed by atoms with E-state index in [2.05, 4.69) is 6.58 Å². The van der Waals surface area contributed by atoms with E-state index in [-0.39, 0.29) is 29.3 Å². The van der Waals surface area contributed by atoms with E-state index in [0.717, 1.165) is 29.7 Å². The monoisotopic (exact) mass is 352 g/mol. The van der Waals surface area contributed by atoms with Crippen LogP contribution in [0, 0.1) is 5.92 Å². The molecule has 136 valence electrons. The average molecular weight is 352 g/mol. The van der Waals surface area contributed by atoms with Crippen molar-refractivity contribution < 1.29 is 19.4 Å². The molecule has 1 fully saturated rings. The summed E-state index contributed by atoms with van der Waals surface area (Å²) >= 11 is 0. The molecule has 1 aromatic rings. The molecule has 1 N–H and O–H groups in total. The van der Waals surface area contributed by atoms with E-state index in [9.17, 15) is 14.7 Å². The number of aliphatic hydroxyl groups is 1. The second-order valence-corrected chi connectivity index (χ2v) is 7.48. The normalized spacial score (nSPS) is 28.2. The molecule has 2 aliphatic carbocycles. The molecule has 1 aliphatic heterocycles. The maximum Gasteiger partial charge on any atom is 0.162 e. The van der Waals surface area contributed by atoms with Gasteiger partial charge in [-0.25, -0.2) is 0 Å². The topological polar surface area (TPSA) is 63.6 Å². The van der Waals surface area contributed by atoms with Gasteiger partial charge in [0.1, 0.15) is 17.6 Å². The molecule has 1 heterocycles. The smallest absolute Gasteiger partial charge is 0.162 e. The Labute approximate surface area is 153 Å². The number of carbonyl (C=O) groups is 2. The van der Waals surface area contributed by atoms with Crippen molar-refractivity contribution >= 4 is 11.6 Å². The number of para-hydroxylation sites is 1. The summed E-state index contributed by atoms with van der Waals surface area (Å²) in [6.07, 6.45) is 6.01. The quantitative estimate of drug-likeness (QED) is 0.828. The lowest BCUT2D eigenvalue weighted by Gasteiger charge is -2.43. The number of allylic oxidation sites excluding steroid dienone is 3. The molecule has 3 atom stereocenters. The minimum atomic E-state index is -0.394. The second-order valence-electron chi connectivity index (χ2n) is 7.48. The molecule has 3 aliphatic rings. The lowest BCUT2D eigenvalue weighted by atomic mass is 9.67. The number of ketones is 2. The molecule has 0 bridgehead atoms. The molecule has 0 amide bonds. The van der Waals surface area contributed by atoms with E-state index < -0.39 is 5.92 Å². The lowest BCUT2D eigenvalue weighted by molar-refractivity contribution is -0.130. The second kappa shape index (κ2) is 6.75. The number of rotatable bonds is 3. The Morgan fingerprint density at radius 3 is 2.81 bits per heavy atom. The van der Waals surface area contributed by atoms with Crippen molar-refractivity contribution in [1.29, 1.82) is 0 Å². The van der Waals surface area contributed by atoms with Gasteiger partial charge in [0.25, 0.3) is 0 Å². The van der Waals surface area contributed by atoms with Gasteiger partial charge in [-0.05, 0) is 31.2 Å². The van der Waals surface area contributed by atoms with Crippen LogP contribution >= 0.6 is 0 Å². The Morgan fingerprint density at radius 1 is 1.19 bits per heavy atom. The highest BCUT2D eigenvalue weighted by molar-refractivity contribution is 6.00. The van der Waals surface area contributed by atoms with E-state index in [1.54, 1.807) is 0 Å². The first-order valence-electron chi connectivity index (χ1n) is 9.49. The maximum atomic E-state index is 12.8. The van der Waals surface area contributed by atoms with Gasteiger partial charge in [-0.15, -0.1) is 6.58 Å². The summed E-state index contributed by atoms with van der Waals surface area (Å²) in [5, 5.41) is 10.6. The third-order valence-electron chi connectivity index (χ3n) is 5.88. The zero-order chi connectivity index (χ0) is 18.3. The summed E-state index contributed by atoms with van der Waals surface area (Å²) in [5.41, 5.74) is 2.32. The molecule has 26 heavy (non-hydrogen) atoms. The summed E-state index contributed by atoms with van der Waals surface area (Å²) in [6.45, 7) is 3.82. The SMILES string of the molecule is C=CCc1cccc2c1O[C@H]1CCCC(=O)[C@H]1[C@@H]2C1=C(O)CCCC1=O. The molecular formula is C22H24O4. The average Bonchev–Trinajstić information content (AvgIpc) is 2.62. The molecule has 0 aromatic heterocycles. The van der Waals surface area contributed by atoms with E-state index in [1.165, 1.54) is 0 Å². The van der Waals surface area contributed by atoms with E-state index in [0.29, 0.717) is 37.7 Å². The zero-order valence-corrected chi connectivity index (χ0v) is 14.9. The first-order valence-corrected chi connectivity index (χ1v) is 9.49. The maximum absolute atomic E-state index is 12.8. The molecule has 4 rings (SSSR count). The van der Waals surface area contributed by atoms with Crippen LogP contribution in [0.2, 0.25) is 0 Å². The Balaban J connectivity index is 1.92. The van der Waals surface area contributed by atoms with E-state index >= 15 is 0 Å². The first kappa shape index (κ1) is 17.1. The van der Waals surface area contributed by atoms with Gasteiger partial charge in [-0.3, -0.25) is 9.59 Å². The van der Waals surface area contributed by atoms with Gasteiger partial charge >= 0.3 is 0 Å². The number of hydrogen-bond donors (Lipinski definition) is 1. The predicted molar refractivity (Wildman–Crippen MR) is 98.4 cm³/mol. The molecule has 0 spiro atoms.